The van der Waals surface area contributed by atoms with Crippen LogP contribution >= 0.6 is 0 Å². The number of aliphatic imine (C=N–C) groups is 1. The highest BCUT2D eigenvalue weighted by molar-refractivity contribution is 5.79. The first-order chi connectivity index (χ1) is 14.0. The molecule has 6 heteroatoms. The van der Waals surface area contributed by atoms with Gasteiger partial charge in [0.15, 0.2) is 5.96 Å². The summed E-state index contributed by atoms with van der Waals surface area (Å²) in [5, 5.41) is 6.66. The van der Waals surface area contributed by atoms with E-state index in [1.165, 1.54) is 11.1 Å². The molecular weight excluding hydrogens is 364 g/mol. The van der Waals surface area contributed by atoms with E-state index in [4.69, 9.17) is 9.47 Å². The van der Waals surface area contributed by atoms with Crippen LogP contribution in [0.1, 0.15) is 45.2 Å². The molecule has 0 amide bonds. The molecule has 2 atom stereocenters. The zero-order valence-electron chi connectivity index (χ0n) is 18.9. The van der Waals surface area contributed by atoms with Gasteiger partial charge in [-0.15, -0.1) is 0 Å². The van der Waals surface area contributed by atoms with E-state index in [2.05, 4.69) is 72.5 Å². The van der Waals surface area contributed by atoms with Crippen molar-refractivity contribution in [2.24, 2.45) is 10.9 Å². The number of nitrogens with zero attached hydrogens (tertiary/aromatic N) is 2. The Morgan fingerprint density at radius 3 is 2.38 bits per heavy atom. The molecule has 2 rings (SSSR count). The van der Waals surface area contributed by atoms with E-state index in [0.717, 1.165) is 51.7 Å². The number of morpholine rings is 1. The van der Waals surface area contributed by atoms with Crippen LogP contribution in [0, 0.1) is 5.92 Å². The molecule has 0 spiro atoms. The van der Waals surface area contributed by atoms with Gasteiger partial charge in [-0.05, 0) is 37.3 Å². The standard InChI is InChI=1S/C23H40N4O2/c1-18(2)10-12-28-13-11-25-23(24-5)26-14-21-6-8-22(9-7-21)17-27-15-19(3)29-20(4)16-27/h6-9,18-20H,10-17H2,1-5H3,(H2,24,25,26). The first-order valence-corrected chi connectivity index (χ1v) is 10.9. The molecule has 0 radical (unpaired) electrons. The van der Waals surface area contributed by atoms with Crippen molar-refractivity contribution in [3.8, 4) is 0 Å². The van der Waals surface area contributed by atoms with Gasteiger partial charge in [-0.25, -0.2) is 0 Å². The summed E-state index contributed by atoms with van der Waals surface area (Å²) in [6, 6.07) is 8.83. The number of hydrogen-bond acceptors (Lipinski definition) is 4. The van der Waals surface area contributed by atoms with Crippen molar-refractivity contribution in [3.63, 3.8) is 0 Å². The van der Waals surface area contributed by atoms with Crippen LogP contribution in [0.3, 0.4) is 0 Å². The third-order valence-electron chi connectivity index (χ3n) is 4.99. The van der Waals surface area contributed by atoms with Crippen LogP contribution in [0.15, 0.2) is 29.3 Å². The van der Waals surface area contributed by atoms with Crippen molar-refractivity contribution in [2.45, 2.75) is 59.4 Å². The maximum atomic E-state index is 5.82. The van der Waals surface area contributed by atoms with Crippen LogP contribution < -0.4 is 10.6 Å². The molecule has 1 heterocycles. The average molecular weight is 405 g/mol. The molecule has 1 aromatic rings. The average Bonchev–Trinajstić information content (AvgIpc) is 2.67. The van der Waals surface area contributed by atoms with E-state index >= 15 is 0 Å². The lowest BCUT2D eigenvalue weighted by Gasteiger charge is -2.35. The van der Waals surface area contributed by atoms with Crippen molar-refractivity contribution in [1.29, 1.82) is 0 Å². The molecular formula is C23H40N4O2. The van der Waals surface area contributed by atoms with Crippen molar-refractivity contribution in [1.82, 2.24) is 15.5 Å². The molecule has 2 N–H and O–H groups in total. The minimum Gasteiger partial charge on any atom is -0.380 e. The fourth-order valence-corrected chi connectivity index (χ4v) is 3.50. The number of rotatable bonds is 10. The first-order valence-electron chi connectivity index (χ1n) is 10.9. The van der Waals surface area contributed by atoms with Crippen LogP contribution in [-0.2, 0) is 22.6 Å². The molecule has 6 nitrogen and oxygen atoms in total. The Morgan fingerprint density at radius 2 is 1.76 bits per heavy atom. The zero-order chi connectivity index (χ0) is 21.1. The first kappa shape index (κ1) is 23.6. The minimum absolute atomic E-state index is 0.307. The Morgan fingerprint density at radius 1 is 1.10 bits per heavy atom. The van der Waals surface area contributed by atoms with Gasteiger partial charge in [-0.2, -0.15) is 0 Å². The molecule has 0 aromatic heterocycles. The molecule has 0 saturated carbocycles. The number of hydrogen-bond donors (Lipinski definition) is 2. The summed E-state index contributed by atoms with van der Waals surface area (Å²) >= 11 is 0. The van der Waals surface area contributed by atoms with Crippen molar-refractivity contribution in [2.75, 3.05) is 39.9 Å². The van der Waals surface area contributed by atoms with Crippen LogP contribution in [-0.4, -0.2) is 63.0 Å². The topological polar surface area (TPSA) is 58.1 Å². The van der Waals surface area contributed by atoms with Crippen LogP contribution in [0.2, 0.25) is 0 Å². The second kappa shape index (κ2) is 12.8. The van der Waals surface area contributed by atoms with Crippen molar-refractivity contribution >= 4 is 5.96 Å². The second-order valence-electron chi connectivity index (χ2n) is 8.42. The number of ether oxygens (including phenoxy) is 2. The highest BCUT2D eigenvalue weighted by Gasteiger charge is 2.21. The van der Waals surface area contributed by atoms with E-state index in [9.17, 15) is 0 Å². The van der Waals surface area contributed by atoms with E-state index in [0.29, 0.717) is 24.7 Å². The SMILES string of the molecule is CN=C(NCCOCCC(C)C)NCc1ccc(CN2CC(C)OC(C)C2)cc1. The van der Waals surface area contributed by atoms with Gasteiger partial charge in [-0.1, -0.05) is 38.1 Å². The molecule has 1 aliphatic rings. The smallest absolute Gasteiger partial charge is 0.191 e. The van der Waals surface area contributed by atoms with Gasteiger partial charge in [0.25, 0.3) is 0 Å². The molecule has 1 aromatic carbocycles. The lowest BCUT2D eigenvalue weighted by atomic mass is 10.1. The number of nitrogens with one attached hydrogen (secondary N) is 2. The van der Waals surface area contributed by atoms with Crippen molar-refractivity contribution in [3.05, 3.63) is 35.4 Å². The fraction of sp³-hybridized carbons (Fsp3) is 0.696. The molecule has 29 heavy (non-hydrogen) atoms. The van der Waals surface area contributed by atoms with Gasteiger partial charge in [0.05, 0.1) is 18.8 Å². The van der Waals surface area contributed by atoms with E-state index in [1.807, 2.05) is 0 Å². The highest BCUT2D eigenvalue weighted by atomic mass is 16.5. The predicted octanol–water partition coefficient (Wildman–Crippen LogP) is 3.02. The third kappa shape index (κ3) is 9.61. The Hall–Kier alpha value is -1.63. The maximum absolute atomic E-state index is 5.82. The zero-order valence-corrected chi connectivity index (χ0v) is 18.9. The van der Waals surface area contributed by atoms with E-state index in [1.54, 1.807) is 7.05 Å². The number of guanidine groups is 1. The van der Waals surface area contributed by atoms with Crippen LogP contribution in [0.25, 0.3) is 0 Å². The Kier molecular flexibility index (Phi) is 10.5. The lowest BCUT2D eigenvalue weighted by Crippen LogP contribution is -2.44. The molecule has 1 aliphatic heterocycles. The van der Waals surface area contributed by atoms with Gasteiger partial charge in [-0.3, -0.25) is 9.89 Å². The van der Waals surface area contributed by atoms with Crippen LogP contribution in [0.4, 0.5) is 0 Å². The van der Waals surface area contributed by atoms with Gasteiger partial charge in [0, 0.05) is 46.4 Å². The molecule has 1 fully saturated rings. The Labute approximate surface area is 177 Å². The maximum Gasteiger partial charge on any atom is 0.191 e. The van der Waals surface area contributed by atoms with Gasteiger partial charge >= 0.3 is 0 Å². The number of benzene rings is 1. The van der Waals surface area contributed by atoms with E-state index < -0.39 is 0 Å². The Balaban J connectivity index is 1.67. The largest absolute Gasteiger partial charge is 0.380 e. The summed E-state index contributed by atoms with van der Waals surface area (Å²) < 4.78 is 11.5. The van der Waals surface area contributed by atoms with Gasteiger partial charge < -0.3 is 20.1 Å². The normalized spacial score (nSPS) is 20.8. The van der Waals surface area contributed by atoms with Gasteiger partial charge in [0.2, 0.25) is 0 Å². The summed E-state index contributed by atoms with van der Waals surface area (Å²) in [6.07, 6.45) is 1.72. The minimum atomic E-state index is 0.307. The molecule has 1 saturated heterocycles. The molecule has 0 bridgehead atoms. The molecule has 0 aliphatic carbocycles. The summed E-state index contributed by atoms with van der Waals surface area (Å²) in [6.45, 7) is 14.7. The molecule has 164 valence electrons. The summed E-state index contributed by atoms with van der Waals surface area (Å²) in [7, 11) is 1.79. The Bertz CT molecular complexity index is 593. The quantitative estimate of drug-likeness (QED) is 0.357. The van der Waals surface area contributed by atoms with Crippen molar-refractivity contribution < 1.29 is 9.47 Å². The lowest BCUT2D eigenvalue weighted by molar-refractivity contribution is -0.0704. The monoisotopic (exact) mass is 404 g/mol. The summed E-state index contributed by atoms with van der Waals surface area (Å²) in [5.74, 6) is 1.49. The molecule has 2 unspecified atom stereocenters. The second-order valence-corrected chi connectivity index (χ2v) is 8.42. The van der Waals surface area contributed by atoms with Crippen LogP contribution in [0.5, 0.6) is 0 Å². The van der Waals surface area contributed by atoms with Gasteiger partial charge in [0.1, 0.15) is 0 Å². The summed E-state index contributed by atoms with van der Waals surface area (Å²) in [4.78, 5) is 6.75. The summed E-state index contributed by atoms with van der Waals surface area (Å²) in [5.41, 5.74) is 2.59. The fourth-order valence-electron chi connectivity index (χ4n) is 3.50. The highest BCUT2D eigenvalue weighted by Crippen LogP contribution is 2.14. The third-order valence-corrected chi connectivity index (χ3v) is 4.99. The predicted molar refractivity (Wildman–Crippen MR) is 120 cm³/mol. The van der Waals surface area contributed by atoms with E-state index in [-0.39, 0.29) is 0 Å².